The molecule has 33 heavy (non-hydrogen) atoms. The van der Waals surface area contributed by atoms with Gasteiger partial charge in [0.1, 0.15) is 23.2 Å². The Labute approximate surface area is 204 Å². The third-order valence-corrected chi connectivity index (χ3v) is 6.28. The van der Waals surface area contributed by atoms with Gasteiger partial charge in [-0.05, 0) is 42.8 Å². The number of nitrogens with one attached hydrogen (secondary N) is 1. The molecule has 4 aromatic rings. The lowest BCUT2D eigenvalue weighted by Crippen LogP contribution is -2.13. The number of carbonyl (C=O) groups is 1. The Kier molecular flexibility index (Phi) is 6.95. The van der Waals surface area contributed by atoms with Crippen molar-refractivity contribution in [2.45, 2.75) is 13.3 Å². The highest BCUT2D eigenvalue weighted by Gasteiger charge is 2.14. The van der Waals surface area contributed by atoms with Gasteiger partial charge in [-0.1, -0.05) is 53.0 Å². The highest BCUT2D eigenvalue weighted by molar-refractivity contribution is 7.15. The fraction of sp³-hybridized carbons (Fsp3) is 0.0800. The molecule has 0 unspecified atom stereocenters. The molecule has 4 rings (SSSR count). The van der Waals surface area contributed by atoms with Crippen LogP contribution in [0.25, 0.3) is 17.4 Å². The monoisotopic (exact) mass is 493 g/mol. The number of anilines is 1. The minimum Gasteiger partial charge on any atom is -0.457 e. The van der Waals surface area contributed by atoms with Crippen LogP contribution in [0.5, 0.6) is 0 Å². The van der Waals surface area contributed by atoms with E-state index in [2.05, 4.69) is 10.3 Å². The van der Waals surface area contributed by atoms with E-state index >= 15 is 0 Å². The first-order valence-electron chi connectivity index (χ1n) is 9.90. The Hall–Kier alpha value is -3.37. The van der Waals surface area contributed by atoms with E-state index in [1.807, 2.05) is 37.3 Å². The number of carbonyl (C=O) groups excluding carboxylic acids is 1. The first-order chi connectivity index (χ1) is 15.9. The number of hydrogen-bond donors (Lipinski definition) is 1. The van der Waals surface area contributed by atoms with Crippen molar-refractivity contribution in [2.75, 3.05) is 5.32 Å². The number of thiazole rings is 1. The fourth-order valence-electron chi connectivity index (χ4n) is 3.07. The number of benzene rings is 2. The first kappa shape index (κ1) is 22.8. The maximum Gasteiger partial charge on any atom is 0.268 e. The zero-order valence-electron chi connectivity index (χ0n) is 17.4. The van der Waals surface area contributed by atoms with Crippen LogP contribution in [0.3, 0.4) is 0 Å². The number of amides is 1. The highest BCUT2D eigenvalue weighted by atomic mass is 35.5. The molecule has 0 fully saturated rings. The van der Waals surface area contributed by atoms with E-state index < -0.39 is 5.91 Å². The van der Waals surface area contributed by atoms with E-state index in [4.69, 9.17) is 27.6 Å². The average molecular weight is 494 g/mol. The molecule has 2 aromatic carbocycles. The Morgan fingerprint density at radius 1 is 1.18 bits per heavy atom. The summed E-state index contributed by atoms with van der Waals surface area (Å²) in [4.78, 5) is 17.7. The third kappa shape index (κ3) is 5.71. The molecule has 0 radical (unpaired) electrons. The maximum absolute atomic E-state index is 12.6. The highest BCUT2D eigenvalue weighted by Crippen LogP contribution is 2.28. The first-order valence-corrected chi connectivity index (χ1v) is 11.5. The Balaban J connectivity index is 1.45. The van der Waals surface area contributed by atoms with Gasteiger partial charge in [0.05, 0.1) is 0 Å². The molecule has 0 saturated carbocycles. The molecule has 0 saturated heterocycles. The van der Waals surface area contributed by atoms with Crippen LogP contribution in [0.15, 0.2) is 70.8 Å². The topological polar surface area (TPSA) is 78.9 Å². The molecule has 1 N–H and O–H groups in total. The fourth-order valence-corrected chi connectivity index (χ4v) is 4.28. The molecule has 2 aromatic heterocycles. The van der Waals surface area contributed by atoms with Crippen LogP contribution in [-0.2, 0) is 11.2 Å². The van der Waals surface area contributed by atoms with Crippen molar-refractivity contribution in [1.29, 1.82) is 5.26 Å². The molecule has 0 aliphatic rings. The number of nitriles is 1. The summed E-state index contributed by atoms with van der Waals surface area (Å²) < 4.78 is 5.79. The van der Waals surface area contributed by atoms with Gasteiger partial charge in [0.25, 0.3) is 5.91 Å². The van der Waals surface area contributed by atoms with Gasteiger partial charge in [0.2, 0.25) is 0 Å². The van der Waals surface area contributed by atoms with Gasteiger partial charge in [-0.3, -0.25) is 10.1 Å². The summed E-state index contributed by atoms with van der Waals surface area (Å²) in [6.07, 6.45) is 3.60. The normalized spacial score (nSPS) is 11.3. The Morgan fingerprint density at radius 2 is 1.97 bits per heavy atom. The van der Waals surface area contributed by atoms with Gasteiger partial charge >= 0.3 is 0 Å². The molecule has 164 valence electrons. The van der Waals surface area contributed by atoms with Crippen molar-refractivity contribution < 1.29 is 9.21 Å². The summed E-state index contributed by atoms with van der Waals surface area (Å²) in [6, 6.07) is 18.6. The molecule has 1 amide bonds. The minimum absolute atomic E-state index is 0.0885. The molecule has 0 spiro atoms. The van der Waals surface area contributed by atoms with Gasteiger partial charge in [-0.2, -0.15) is 5.26 Å². The van der Waals surface area contributed by atoms with Gasteiger partial charge in [0, 0.05) is 39.2 Å². The minimum atomic E-state index is -0.563. The van der Waals surface area contributed by atoms with Crippen LogP contribution in [0.2, 0.25) is 10.0 Å². The molecule has 2 heterocycles. The van der Waals surface area contributed by atoms with E-state index in [0.29, 0.717) is 33.1 Å². The van der Waals surface area contributed by atoms with Crippen LogP contribution < -0.4 is 5.32 Å². The van der Waals surface area contributed by atoms with Crippen LogP contribution in [0.4, 0.5) is 5.13 Å². The van der Waals surface area contributed by atoms with Crippen molar-refractivity contribution in [3.05, 3.63) is 98.2 Å². The van der Waals surface area contributed by atoms with Gasteiger partial charge in [0.15, 0.2) is 5.13 Å². The largest absolute Gasteiger partial charge is 0.457 e. The van der Waals surface area contributed by atoms with Gasteiger partial charge in [-0.15, -0.1) is 11.3 Å². The van der Waals surface area contributed by atoms with Crippen molar-refractivity contribution >= 4 is 51.7 Å². The molecular formula is C25H17Cl2N3O2S. The van der Waals surface area contributed by atoms with E-state index in [9.17, 15) is 10.1 Å². The number of rotatable bonds is 6. The summed E-state index contributed by atoms with van der Waals surface area (Å²) in [7, 11) is 0. The number of nitrogens with zero attached hydrogens (tertiary/aromatic N) is 2. The number of halogens is 2. The zero-order valence-corrected chi connectivity index (χ0v) is 19.8. The van der Waals surface area contributed by atoms with Crippen molar-refractivity contribution in [1.82, 2.24) is 4.98 Å². The summed E-state index contributed by atoms with van der Waals surface area (Å²) in [5, 5.41) is 13.7. The number of hydrogen-bond acceptors (Lipinski definition) is 5. The van der Waals surface area contributed by atoms with E-state index in [1.54, 1.807) is 36.5 Å². The zero-order chi connectivity index (χ0) is 23.4. The Bertz CT molecular complexity index is 1380. The van der Waals surface area contributed by atoms with Crippen molar-refractivity contribution in [3.63, 3.8) is 0 Å². The van der Waals surface area contributed by atoms with Gasteiger partial charge < -0.3 is 4.42 Å². The molecule has 8 heteroatoms. The predicted octanol–water partition coefficient (Wildman–Crippen LogP) is 7.15. The number of aromatic nitrogens is 1. The van der Waals surface area contributed by atoms with Crippen molar-refractivity contribution in [2.24, 2.45) is 0 Å². The third-order valence-electron chi connectivity index (χ3n) is 4.76. The number of furan rings is 1. The predicted molar refractivity (Wildman–Crippen MR) is 132 cm³/mol. The van der Waals surface area contributed by atoms with Gasteiger partial charge in [-0.25, -0.2) is 4.98 Å². The summed E-state index contributed by atoms with van der Waals surface area (Å²) in [6.45, 7) is 2.01. The van der Waals surface area contributed by atoms with Crippen molar-refractivity contribution in [3.8, 4) is 17.4 Å². The van der Waals surface area contributed by atoms with Crippen LogP contribution in [0.1, 0.15) is 21.8 Å². The van der Waals surface area contributed by atoms with Crippen LogP contribution in [0, 0.1) is 18.3 Å². The molecule has 0 atom stereocenters. The quantitative estimate of drug-likeness (QED) is 0.228. The lowest BCUT2D eigenvalue weighted by atomic mass is 10.1. The molecule has 0 aliphatic heterocycles. The summed E-state index contributed by atoms with van der Waals surface area (Å²) in [5.41, 5.74) is 2.84. The lowest BCUT2D eigenvalue weighted by Gasteiger charge is -2.02. The average Bonchev–Trinajstić information content (AvgIpc) is 3.44. The second-order valence-corrected chi connectivity index (χ2v) is 9.20. The SMILES string of the molecule is Cc1ccc(-c2ccc(/C=C(\C#N)C(=O)Nc3ncc(Cc4cc(Cl)ccc4Cl)s3)o2)cc1. The van der Waals surface area contributed by atoms with E-state index in [-0.39, 0.29) is 5.57 Å². The van der Waals surface area contributed by atoms with E-state index in [1.165, 1.54) is 17.4 Å². The lowest BCUT2D eigenvalue weighted by molar-refractivity contribution is -0.112. The molecule has 5 nitrogen and oxygen atoms in total. The Morgan fingerprint density at radius 3 is 2.73 bits per heavy atom. The molecule has 0 bridgehead atoms. The van der Waals surface area contributed by atoms with E-state index in [0.717, 1.165) is 21.6 Å². The standard InChI is InChI=1S/C25H17Cl2N3O2S/c1-15-2-4-16(5-3-15)23-9-7-20(32-23)11-18(13-28)24(31)30-25-29-14-21(33-25)12-17-10-19(26)6-8-22(17)27/h2-11,14H,12H2,1H3,(H,29,30,31)/b18-11+. The molecule has 0 aliphatic carbocycles. The summed E-state index contributed by atoms with van der Waals surface area (Å²) in [5.74, 6) is 0.503. The number of aryl methyl sites for hydroxylation is 1. The maximum atomic E-state index is 12.6. The second-order valence-electron chi connectivity index (χ2n) is 7.24. The van der Waals surface area contributed by atoms with Crippen LogP contribution >= 0.6 is 34.5 Å². The molecular weight excluding hydrogens is 477 g/mol. The van der Waals surface area contributed by atoms with Crippen LogP contribution in [-0.4, -0.2) is 10.9 Å². The second kappa shape index (κ2) is 10.1. The smallest absolute Gasteiger partial charge is 0.268 e. The summed E-state index contributed by atoms with van der Waals surface area (Å²) >= 11 is 13.6.